The van der Waals surface area contributed by atoms with Crippen LogP contribution >= 0.6 is 0 Å². The van der Waals surface area contributed by atoms with Crippen LogP contribution in [0.4, 0.5) is 5.69 Å². The Morgan fingerprint density at radius 3 is 2.68 bits per heavy atom. The monoisotopic (exact) mass is 332 g/mol. The summed E-state index contributed by atoms with van der Waals surface area (Å²) in [6.07, 6.45) is 5.36. The number of rotatable bonds is 6. The average Bonchev–Trinajstić information content (AvgIpc) is 3.30. The molecule has 0 atom stereocenters. The van der Waals surface area contributed by atoms with Crippen molar-refractivity contribution >= 4 is 5.69 Å². The van der Waals surface area contributed by atoms with Gasteiger partial charge in [-0.1, -0.05) is 54.6 Å². The molecule has 1 aliphatic rings. The van der Waals surface area contributed by atoms with Gasteiger partial charge in [0.05, 0.1) is 6.20 Å². The molecule has 0 spiro atoms. The van der Waals surface area contributed by atoms with Gasteiger partial charge in [-0.05, 0) is 36.5 Å². The van der Waals surface area contributed by atoms with Gasteiger partial charge in [-0.25, -0.2) is 0 Å². The molecule has 2 heterocycles. The van der Waals surface area contributed by atoms with Crippen molar-refractivity contribution in [1.82, 2.24) is 15.0 Å². The maximum atomic E-state index is 4.33. The van der Waals surface area contributed by atoms with Gasteiger partial charge in [-0.15, -0.1) is 5.10 Å². The maximum Gasteiger partial charge on any atom is 0.113 e. The topological polar surface area (TPSA) is 34.0 Å². The minimum Gasteiger partial charge on any atom is -0.371 e. The van der Waals surface area contributed by atoms with Gasteiger partial charge >= 0.3 is 0 Å². The first-order chi connectivity index (χ1) is 12.3. The number of hydrogen-bond acceptors (Lipinski definition) is 3. The molecule has 1 aliphatic heterocycles. The van der Waals surface area contributed by atoms with Gasteiger partial charge in [0.1, 0.15) is 5.69 Å². The Hall–Kier alpha value is -2.62. The summed E-state index contributed by atoms with van der Waals surface area (Å²) in [4.78, 5) is 2.48. The molecule has 0 aliphatic carbocycles. The van der Waals surface area contributed by atoms with E-state index in [4.69, 9.17) is 0 Å². The van der Waals surface area contributed by atoms with Crippen LogP contribution < -0.4 is 4.90 Å². The Morgan fingerprint density at radius 2 is 1.84 bits per heavy atom. The standard InChI is InChI=1S/C21H24N4/c1-2-17-8-10-18(11-9-17)20-16-25(23-22-20)14-5-13-24-15-12-19-6-3-4-7-21(19)24/h3-4,6-11,16H,2,5,12-15H2,1H3. The predicted octanol–water partition coefficient (Wildman–Crippen LogP) is 3.96. The third kappa shape index (κ3) is 3.43. The summed E-state index contributed by atoms with van der Waals surface area (Å²) >= 11 is 0. The highest BCUT2D eigenvalue weighted by atomic mass is 15.4. The quantitative estimate of drug-likeness (QED) is 0.685. The van der Waals surface area contributed by atoms with E-state index in [-0.39, 0.29) is 0 Å². The van der Waals surface area contributed by atoms with Crippen LogP contribution in [-0.4, -0.2) is 28.1 Å². The Balaban J connectivity index is 1.34. The van der Waals surface area contributed by atoms with Gasteiger partial charge in [-0.3, -0.25) is 4.68 Å². The van der Waals surface area contributed by atoms with Crippen LogP contribution in [-0.2, 0) is 19.4 Å². The van der Waals surface area contributed by atoms with Gasteiger partial charge in [-0.2, -0.15) is 0 Å². The summed E-state index contributed by atoms with van der Waals surface area (Å²) in [5.74, 6) is 0. The fraction of sp³-hybridized carbons (Fsp3) is 0.333. The zero-order chi connectivity index (χ0) is 17.1. The fourth-order valence-corrected chi connectivity index (χ4v) is 3.51. The first kappa shape index (κ1) is 15.9. The van der Waals surface area contributed by atoms with Crippen molar-refractivity contribution in [2.24, 2.45) is 0 Å². The third-order valence-corrected chi connectivity index (χ3v) is 5.00. The van der Waals surface area contributed by atoms with E-state index in [9.17, 15) is 0 Å². The molecule has 0 unspecified atom stereocenters. The lowest BCUT2D eigenvalue weighted by molar-refractivity contribution is 0.555. The Morgan fingerprint density at radius 1 is 1.00 bits per heavy atom. The van der Waals surface area contributed by atoms with Gasteiger partial charge < -0.3 is 4.90 Å². The van der Waals surface area contributed by atoms with Crippen molar-refractivity contribution in [3.63, 3.8) is 0 Å². The van der Waals surface area contributed by atoms with Crippen molar-refractivity contribution in [1.29, 1.82) is 0 Å². The predicted molar refractivity (Wildman–Crippen MR) is 102 cm³/mol. The number of hydrogen-bond donors (Lipinski definition) is 0. The van der Waals surface area contributed by atoms with Crippen LogP contribution in [0.5, 0.6) is 0 Å². The average molecular weight is 332 g/mol. The van der Waals surface area contributed by atoms with E-state index in [2.05, 4.69) is 76.9 Å². The second kappa shape index (κ2) is 7.09. The number of aryl methyl sites for hydroxylation is 2. The van der Waals surface area contributed by atoms with E-state index >= 15 is 0 Å². The van der Waals surface area contributed by atoms with Gasteiger partial charge in [0.25, 0.3) is 0 Å². The minimum atomic E-state index is 0.901. The summed E-state index contributed by atoms with van der Waals surface area (Å²) in [5.41, 5.74) is 6.31. The first-order valence-electron chi connectivity index (χ1n) is 9.16. The van der Waals surface area contributed by atoms with E-state index in [0.29, 0.717) is 0 Å². The van der Waals surface area contributed by atoms with Crippen molar-refractivity contribution in [2.45, 2.75) is 32.7 Å². The molecule has 2 aromatic carbocycles. The lowest BCUT2D eigenvalue weighted by Crippen LogP contribution is -2.22. The number of fused-ring (bicyclic) bond motifs is 1. The van der Waals surface area contributed by atoms with Crippen LogP contribution in [0.2, 0.25) is 0 Å². The number of anilines is 1. The summed E-state index contributed by atoms with van der Waals surface area (Å²) in [5, 5.41) is 8.62. The lowest BCUT2D eigenvalue weighted by Gasteiger charge is -2.19. The highest BCUT2D eigenvalue weighted by Crippen LogP contribution is 2.27. The Bertz CT molecular complexity index is 835. The molecule has 128 valence electrons. The largest absolute Gasteiger partial charge is 0.371 e. The number of benzene rings is 2. The number of nitrogens with zero attached hydrogens (tertiary/aromatic N) is 4. The van der Waals surface area contributed by atoms with E-state index in [1.165, 1.54) is 16.8 Å². The van der Waals surface area contributed by atoms with Crippen LogP contribution in [0.3, 0.4) is 0 Å². The molecule has 4 heteroatoms. The smallest absolute Gasteiger partial charge is 0.113 e. The van der Waals surface area contributed by atoms with E-state index < -0.39 is 0 Å². The van der Waals surface area contributed by atoms with Gasteiger partial charge in [0, 0.05) is 30.9 Å². The molecule has 4 rings (SSSR count). The molecule has 0 saturated heterocycles. The molecule has 0 fully saturated rings. The highest BCUT2D eigenvalue weighted by molar-refractivity contribution is 5.58. The summed E-state index contributed by atoms with van der Waals surface area (Å²) < 4.78 is 1.96. The van der Waals surface area contributed by atoms with Crippen molar-refractivity contribution in [3.05, 3.63) is 65.9 Å². The summed E-state index contributed by atoms with van der Waals surface area (Å²) in [7, 11) is 0. The molecular weight excluding hydrogens is 308 g/mol. The molecule has 4 nitrogen and oxygen atoms in total. The Labute approximate surface area is 149 Å². The zero-order valence-corrected chi connectivity index (χ0v) is 14.7. The van der Waals surface area contributed by atoms with Crippen molar-refractivity contribution in [2.75, 3.05) is 18.0 Å². The number of para-hydroxylation sites is 1. The van der Waals surface area contributed by atoms with Crippen LogP contribution in [0.25, 0.3) is 11.3 Å². The molecule has 1 aromatic heterocycles. The first-order valence-corrected chi connectivity index (χ1v) is 9.16. The van der Waals surface area contributed by atoms with Crippen LogP contribution in [0.1, 0.15) is 24.5 Å². The summed E-state index contributed by atoms with van der Waals surface area (Å²) in [6.45, 7) is 5.27. The normalized spacial score (nSPS) is 13.2. The molecule has 3 aromatic rings. The van der Waals surface area contributed by atoms with Crippen LogP contribution in [0, 0.1) is 0 Å². The third-order valence-electron chi connectivity index (χ3n) is 5.00. The molecule has 0 saturated carbocycles. The van der Waals surface area contributed by atoms with Gasteiger partial charge in [0.15, 0.2) is 0 Å². The van der Waals surface area contributed by atoms with E-state index in [1.54, 1.807) is 0 Å². The second-order valence-electron chi connectivity index (χ2n) is 6.64. The fourth-order valence-electron chi connectivity index (χ4n) is 3.51. The SMILES string of the molecule is CCc1ccc(-c2cn(CCCN3CCc4ccccc43)nn2)cc1. The molecule has 25 heavy (non-hydrogen) atoms. The summed E-state index contributed by atoms with van der Waals surface area (Å²) in [6, 6.07) is 17.3. The maximum absolute atomic E-state index is 4.33. The van der Waals surface area contributed by atoms with E-state index in [1.807, 2.05) is 4.68 Å². The zero-order valence-electron chi connectivity index (χ0n) is 14.7. The second-order valence-corrected chi connectivity index (χ2v) is 6.64. The van der Waals surface area contributed by atoms with Crippen molar-refractivity contribution in [3.8, 4) is 11.3 Å². The molecule has 0 N–H and O–H groups in total. The van der Waals surface area contributed by atoms with E-state index in [0.717, 1.165) is 50.2 Å². The number of aromatic nitrogens is 3. The van der Waals surface area contributed by atoms with Crippen molar-refractivity contribution < 1.29 is 0 Å². The van der Waals surface area contributed by atoms with Crippen LogP contribution in [0.15, 0.2) is 54.7 Å². The molecule has 0 bridgehead atoms. The minimum absolute atomic E-state index is 0.901. The highest BCUT2D eigenvalue weighted by Gasteiger charge is 2.17. The Kier molecular flexibility index (Phi) is 4.51. The lowest BCUT2D eigenvalue weighted by atomic mass is 10.1. The molecule has 0 amide bonds. The molecule has 0 radical (unpaired) electrons. The van der Waals surface area contributed by atoms with Gasteiger partial charge in [0.2, 0.25) is 0 Å². The molecular formula is C21H24N4.